The van der Waals surface area contributed by atoms with Gasteiger partial charge < -0.3 is 36.4 Å². The highest BCUT2D eigenvalue weighted by Gasteiger charge is 2.48. The topological polar surface area (TPSA) is 102 Å². The number of carbonyl (C=O) groups is 1. The Balaban J connectivity index is 0.000000721. The van der Waals surface area contributed by atoms with E-state index in [1.165, 1.54) is 23.8 Å². The van der Waals surface area contributed by atoms with E-state index in [2.05, 4.69) is 215 Å². The van der Waals surface area contributed by atoms with Crippen LogP contribution < -0.4 is 0 Å². The van der Waals surface area contributed by atoms with Gasteiger partial charge in [0.15, 0.2) is 49.9 Å². The zero-order valence-corrected chi connectivity index (χ0v) is 58.8. The Kier molecular flexibility index (Phi) is 24.2. The molecule has 1 N–H and O–H groups in total. The summed E-state index contributed by atoms with van der Waals surface area (Å²) >= 11 is 0. The van der Waals surface area contributed by atoms with Gasteiger partial charge >= 0.3 is 5.97 Å². The Hall–Kier alpha value is -0.549. The molecule has 72 heavy (non-hydrogen) atoms. The maximum atomic E-state index is 12.2. The largest absolute Gasteiger partial charge is 0.466 e. The lowest BCUT2D eigenvalue weighted by molar-refractivity contribution is -0.134. The summed E-state index contributed by atoms with van der Waals surface area (Å²) in [7, 11) is -10.6. The highest BCUT2D eigenvalue weighted by molar-refractivity contribution is 6.76. The fourth-order valence-electron chi connectivity index (χ4n) is 6.86. The number of methoxy groups -OCH3 is 1. The molecule has 0 aromatic carbocycles. The summed E-state index contributed by atoms with van der Waals surface area (Å²) < 4.78 is 46.4. The third kappa shape index (κ3) is 19.7. The van der Waals surface area contributed by atoms with Gasteiger partial charge in [0, 0.05) is 6.08 Å². The Bertz CT molecular complexity index is 1800. The van der Waals surface area contributed by atoms with Crippen LogP contribution in [0.3, 0.4) is 0 Å². The minimum absolute atomic E-state index is 0.0415. The van der Waals surface area contributed by atoms with Crippen molar-refractivity contribution >= 4 is 55.9 Å². The van der Waals surface area contributed by atoms with Crippen LogP contribution in [0.2, 0.25) is 109 Å². The third-order valence-electron chi connectivity index (χ3n) is 18.3. The Morgan fingerprint density at radius 2 is 0.667 bits per heavy atom. The molecule has 0 radical (unpaired) electrons. The van der Waals surface area contributed by atoms with Crippen molar-refractivity contribution < 1.29 is 41.2 Å². The van der Waals surface area contributed by atoms with Gasteiger partial charge in [0.05, 0.1) is 51.3 Å². The number of rotatable bonds is 16. The zero-order chi connectivity index (χ0) is 56.9. The Morgan fingerprint density at radius 1 is 0.431 bits per heavy atom. The van der Waals surface area contributed by atoms with Crippen LogP contribution in [-0.4, -0.2) is 112 Å². The third-order valence-corrected chi connectivity index (χ3v) is 45.2. The minimum atomic E-state index is -2.10. The first-order valence-corrected chi connectivity index (χ1v) is 44.7. The van der Waals surface area contributed by atoms with Gasteiger partial charge in [-0.1, -0.05) is 154 Å². The molecule has 2 unspecified atom stereocenters. The van der Waals surface area contributed by atoms with Crippen LogP contribution in [0.25, 0.3) is 0 Å². The van der Waals surface area contributed by atoms with Gasteiger partial charge in [-0.3, -0.25) is 0 Å². The van der Waals surface area contributed by atoms with Crippen molar-refractivity contribution in [2.75, 3.05) is 26.9 Å². The average molecular weight is 1110 g/mol. The van der Waals surface area contributed by atoms with Gasteiger partial charge in [-0.2, -0.15) is 0 Å². The fourth-order valence-corrected chi connectivity index (χ4v) is 13.9. The molecular weight excluding hydrogens is 997 g/mol. The van der Waals surface area contributed by atoms with Gasteiger partial charge in [-0.05, 0) is 146 Å². The molecule has 0 spiro atoms. The molecule has 0 saturated heterocycles. The van der Waals surface area contributed by atoms with Gasteiger partial charge in [-0.15, -0.1) is 0 Å². The van der Waals surface area contributed by atoms with E-state index < -0.39 is 49.9 Å². The fraction of sp³-hybridized carbons (Fsp3) is 0.842. The number of ether oxygens (including phenoxy) is 1. The lowest BCUT2D eigenvalue weighted by Crippen LogP contribution is -2.50. The molecule has 2 aliphatic rings. The minimum Gasteiger partial charge on any atom is -0.466 e. The van der Waals surface area contributed by atoms with Crippen LogP contribution in [0.5, 0.6) is 0 Å². The van der Waals surface area contributed by atoms with Crippen molar-refractivity contribution in [3.63, 3.8) is 0 Å². The van der Waals surface area contributed by atoms with E-state index in [-0.39, 0.29) is 67.2 Å². The molecule has 0 heterocycles. The molecule has 0 amide bonds. The quantitative estimate of drug-likeness (QED) is 0.0701. The molecule has 0 bridgehead atoms. The van der Waals surface area contributed by atoms with Crippen LogP contribution in [0, 0.1) is 0 Å². The van der Waals surface area contributed by atoms with E-state index in [9.17, 15) is 9.90 Å². The van der Waals surface area contributed by atoms with Crippen molar-refractivity contribution in [3.8, 4) is 0 Å². The lowest BCUT2D eigenvalue weighted by atomic mass is 9.85. The smallest absolute Gasteiger partial charge is 0.330 e. The number of carbonyl (C=O) groups excluding carboxylic acids is 1. The van der Waals surface area contributed by atoms with E-state index in [1.807, 2.05) is 6.08 Å². The van der Waals surface area contributed by atoms with Crippen LogP contribution in [0.15, 0.2) is 46.6 Å². The number of aliphatic hydroxyl groups is 1. The monoisotopic (exact) mass is 1110 g/mol. The highest BCUT2D eigenvalue weighted by atomic mass is 28.4. The average Bonchev–Trinajstić information content (AvgIpc) is 3.14. The van der Waals surface area contributed by atoms with E-state index >= 15 is 0 Å². The van der Waals surface area contributed by atoms with Crippen molar-refractivity contribution in [2.45, 2.75) is 284 Å². The van der Waals surface area contributed by atoms with Crippen LogP contribution in [0.1, 0.15) is 150 Å². The summed E-state index contributed by atoms with van der Waals surface area (Å²) in [5, 5.41) is 10.4. The molecule has 2 aliphatic carbocycles. The van der Waals surface area contributed by atoms with Gasteiger partial charge in [0.1, 0.15) is 0 Å². The number of esters is 1. The van der Waals surface area contributed by atoms with Crippen LogP contribution in [0.4, 0.5) is 0 Å². The lowest BCUT2D eigenvalue weighted by Gasteiger charge is -2.46. The molecule has 4 atom stereocenters. The molecule has 0 aliphatic heterocycles. The number of hydrogen-bond donors (Lipinski definition) is 1. The second-order valence-electron chi connectivity index (χ2n) is 30.2. The van der Waals surface area contributed by atoms with Crippen molar-refractivity contribution in [2.24, 2.45) is 0 Å². The molecule has 2 fully saturated rings. The number of aliphatic hydroxyl groups excluding tert-OH is 1. The Labute approximate surface area is 451 Å². The van der Waals surface area contributed by atoms with E-state index in [0.717, 1.165) is 18.4 Å². The van der Waals surface area contributed by atoms with Crippen molar-refractivity contribution in [1.82, 2.24) is 0 Å². The predicted octanol–water partition coefficient (Wildman–Crippen LogP) is 17.0. The highest BCUT2D eigenvalue weighted by Crippen LogP contribution is 2.47. The molecule has 2 rings (SSSR count). The molecule has 0 aromatic rings. The summed E-state index contributed by atoms with van der Waals surface area (Å²) in [6.45, 7) is 69.8. The summed E-state index contributed by atoms with van der Waals surface area (Å²) in [6.07, 6.45) is 10.7. The standard InChI is InChI=1S/C29H58O5Si3.C28H58O4Si3/c1-27(2,3)35(11,12)32-18-17-23-24(33-36(13,14)28(4,5)6)19-22(21-26(30)31-10)20-25(23)34-37(15,16)29(7,8)9;1-26(2,3)33(10,11)30-19-17-23-24(31-34(12,13)27(4,5)6)20-22(16-18-29)21-25(23)32-35(14,15)28(7,8)9/h17,21,24-25H,18-20H2,1-16H3;16-17,24-25,29H,18-21H2,1-15H3/t2*24-,25?/m11/s1. The van der Waals surface area contributed by atoms with Gasteiger partial charge in [-0.25, -0.2) is 4.79 Å². The maximum Gasteiger partial charge on any atom is 0.330 e. The number of hydrogen-bond acceptors (Lipinski definition) is 9. The first-order valence-electron chi connectivity index (χ1n) is 27.2. The van der Waals surface area contributed by atoms with E-state index in [0.29, 0.717) is 26.1 Å². The second-order valence-corrected chi connectivity index (χ2v) is 58.8. The molecule has 9 nitrogen and oxygen atoms in total. The molecule has 2 saturated carbocycles. The molecule has 0 aromatic heterocycles. The maximum absolute atomic E-state index is 12.2. The van der Waals surface area contributed by atoms with Crippen LogP contribution >= 0.6 is 0 Å². The van der Waals surface area contributed by atoms with Crippen LogP contribution in [-0.2, 0) is 36.1 Å². The Morgan fingerprint density at radius 3 is 0.875 bits per heavy atom. The summed E-state index contributed by atoms with van der Waals surface area (Å²) in [5.74, 6) is -0.319. The molecular formula is C57H116O9Si6. The summed E-state index contributed by atoms with van der Waals surface area (Å²) in [6, 6.07) is 0. The van der Waals surface area contributed by atoms with Crippen molar-refractivity contribution in [3.05, 3.63) is 46.6 Å². The second kappa shape index (κ2) is 25.1. The zero-order valence-electron chi connectivity index (χ0n) is 52.8. The predicted molar refractivity (Wildman–Crippen MR) is 324 cm³/mol. The first kappa shape index (κ1) is 69.5. The molecule has 422 valence electrons. The summed E-state index contributed by atoms with van der Waals surface area (Å²) in [5.41, 5.74) is 4.69. The normalized spacial score (nSPS) is 23.4. The van der Waals surface area contributed by atoms with Crippen molar-refractivity contribution in [1.29, 1.82) is 0 Å². The van der Waals surface area contributed by atoms with E-state index in [4.69, 9.17) is 31.3 Å². The van der Waals surface area contributed by atoms with Gasteiger partial charge in [0.2, 0.25) is 0 Å². The summed E-state index contributed by atoms with van der Waals surface area (Å²) in [4.78, 5) is 12.2. The first-order chi connectivity index (χ1) is 31.8. The molecule has 15 heteroatoms. The SMILES string of the molecule is CC(C)(C)[Si](C)(C)OCC=C1C(O[Si](C)(C)C(C)(C)C)CC(=CCO)C[C@H]1O[Si](C)(C)C(C)(C)C.COC(=O)C=C1CC(O[Si](C)(C)C(C)(C)C)C(=CCO[Si](C)(C)C(C)(C)C)[C@H](O[Si](C)(C)C(C)(C)C)C1. The van der Waals surface area contributed by atoms with E-state index in [1.54, 1.807) is 6.08 Å². The van der Waals surface area contributed by atoms with Gasteiger partial charge in [0.25, 0.3) is 0 Å².